The van der Waals surface area contributed by atoms with Crippen molar-refractivity contribution in [3.8, 4) is 0 Å². The Morgan fingerprint density at radius 1 is 1.64 bits per heavy atom. The van der Waals surface area contributed by atoms with Crippen LogP contribution in [0.5, 0.6) is 0 Å². The lowest BCUT2D eigenvalue weighted by Crippen LogP contribution is -2.09. The van der Waals surface area contributed by atoms with Crippen LogP contribution in [0.4, 0.5) is 0 Å². The van der Waals surface area contributed by atoms with Gasteiger partial charge in [0.1, 0.15) is 0 Å². The zero-order valence-electron chi connectivity index (χ0n) is 6.89. The van der Waals surface area contributed by atoms with Crippen molar-refractivity contribution in [2.24, 2.45) is 11.8 Å². The molecular weight excluding hydrogens is 142 g/mol. The molecule has 1 rings (SSSR count). The van der Waals surface area contributed by atoms with E-state index in [9.17, 15) is 4.79 Å². The van der Waals surface area contributed by atoms with Gasteiger partial charge >= 0.3 is 5.97 Å². The molecule has 0 spiro atoms. The summed E-state index contributed by atoms with van der Waals surface area (Å²) in [6, 6.07) is 0. The van der Waals surface area contributed by atoms with E-state index in [1.807, 2.05) is 0 Å². The van der Waals surface area contributed by atoms with Gasteiger partial charge in [-0.1, -0.05) is 0 Å². The first-order valence-corrected chi connectivity index (χ1v) is 3.88. The fraction of sp³-hybridized carbons (Fsp3) is 0.750. The highest BCUT2D eigenvalue weighted by molar-refractivity contribution is 5.91. The summed E-state index contributed by atoms with van der Waals surface area (Å²) in [5.41, 5.74) is 0.600. The summed E-state index contributed by atoms with van der Waals surface area (Å²) in [4.78, 5) is 11.0. The van der Waals surface area contributed by atoms with Crippen molar-refractivity contribution < 1.29 is 9.53 Å². The normalized spacial score (nSPS) is 27.8. The lowest BCUT2D eigenvalue weighted by Gasteiger charge is -1.98. The second-order valence-electron chi connectivity index (χ2n) is 2.88. The summed E-state index contributed by atoms with van der Waals surface area (Å²) in [6.45, 7) is 3.98. The van der Waals surface area contributed by atoms with E-state index in [1.54, 1.807) is 13.8 Å². The first kappa shape index (κ1) is 8.24. The number of esters is 1. The van der Waals surface area contributed by atoms with Crippen LogP contribution in [0.2, 0.25) is 0 Å². The second-order valence-corrected chi connectivity index (χ2v) is 2.88. The van der Waals surface area contributed by atoms with Gasteiger partial charge in [-0.05, 0) is 20.3 Å². The van der Waals surface area contributed by atoms with Gasteiger partial charge in [0, 0.05) is 11.6 Å². The average Bonchev–Trinajstić information content (AvgIpc) is 2.65. The molecular formula is C8H13NO2. The van der Waals surface area contributed by atoms with Crippen LogP contribution in [-0.2, 0) is 9.53 Å². The zero-order chi connectivity index (χ0) is 8.43. The first-order valence-electron chi connectivity index (χ1n) is 3.88. The molecule has 0 saturated heterocycles. The standard InChI is InChI=1S/C8H13NO2/c1-3-11-8(10)7-4-6(7)5(2)9/h6-7,9H,3-4H2,1-2H3/t6-,7-/m1/s1. The SMILES string of the molecule is CCOC(=O)[C@@H]1C[C@@H]1C(C)=N. The average molecular weight is 155 g/mol. The molecule has 0 aromatic carbocycles. The van der Waals surface area contributed by atoms with Gasteiger partial charge in [-0.2, -0.15) is 0 Å². The maximum absolute atomic E-state index is 11.0. The summed E-state index contributed by atoms with van der Waals surface area (Å²) in [6.07, 6.45) is 0.814. The van der Waals surface area contributed by atoms with E-state index in [0.29, 0.717) is 12.3 Å². The van der Waals surface area contributed by atoms with Gasteiger partial charge in [0.15, 0.2) is 0 Å². The molecule has 0 aromatic heterocycles. The Morgan fingerprint density at radius 2 is 2.27 bits per heavy atom. The van der Waals surface area contributed by atoms with Crippen molar-refractivity contribution in [1.29, 1.82) is 5.41 Å². The fourth-order valence-electron chi connectivity index (χ4n) is 1.18. The number of hydrogen-bond acceptors (Lipinski definition) is 3. The van der Waals surface area contributed by atoms with Gasteiger partial charge in [0.05, 0.1) is 12.5 Å². The highest BCUT2D eigenvalue weighted by atomic mass is 16.5. The number of ether oxygens (including phenoxy) is 1. The van der Waals surface area contributed by atoms with Crippen molar-refractivity contribution in [3.63, 3.8) is 0 Å². The van der Waals surface area contributed by atoms with Gasteiger partial charge in [0.25, 0.3) is 0 Å². The highest BCUT2D eigenvalue weighted by Crippen LogP contribution is 2.40. The molecule has 0 heterocycles. The maximum Gasteiger partial charge on any atom is 0.309 e. The van der Waals surface area contributed by atoms with Crippen LogP contribution in [-0.4, -0.2) is 18.3 Å². The van der Waals surface area contributed by atoms with Crippen LogP contribution in [0.15, 0.2) is 0 Å². The maximum atomic E-state index is 11.0. The van der Waals surface area contributed by atoms with E-state index < -0.39 is 0 Å². The molecule has 1 aliphatic rings. The minimum atomic E-state index is -0.135. The molecule has 62 valence electrons. The predicted octanol–water partition coefficient (Wildman–Crippen LogP) is 1.23. The molecule has 0 aliphatic heterocycles. The summed E-state index contributed by atoms with van der Waals surface area (Å²) in [7, 11) is 0. The molecule has 1 aliphatic carbocycles. The summed E-state index contributed by atoms with van der Waals surface area (Å²) in [5, 5.41) is 7.26. The number of nitrogens with one attached hydrogen (secondary N) is 1. The van der Waals surface area contributed by atoms with E-state index in [0.717, 1.165) is 6.42 Å². The molecule has 0 radical (unpaired) electrons. The molecule has 0 aromatic rings. The number of carbonyl (C=O) groups is 1. The van der Waals surface area contributed by atoms with Crippen molar-refractivity contribution in [2.45, 2.75) is 20.3 Å². The second kappa shape index (κ2) is 3.03. The van der Waals surface area contributed by atoms with E-state index >= 15 is 0 Å². The third-order valence-corrected chi connectivity index (χ3v) is 1.94. The monoisotopic (exact) mass is 155 g/mol. The van der Waals surface area contributed by atoms with Gasteiger partial charge in [-0.3, -0.25) is 4.79 Å². The summed E-state index contributed by atoms with van der Waals surface area (Å²) in [5.74, 6) is 0.0330. The summed E-state index contributed by atoms with van der Waals surface area (Å²) >= 11 is 0. The molecule has 2 atom stereocenters. The Balaban J connectivity index is 2.32. The molecule has 11 heavy (non-hydrogen) atoms. The molecule has 0 bridgehead atoms. The third-order valence-electron chi connectivity index (χ3n) is 1.94. The molecule has 3 nitrogen and oxygen atoms in total. The Hall–Kier alpha value is -0.860. The molecule has 1 saturated carbocycles. The van der Waals surface area contributed by atoms with Gasteiger partial charge < -0.3 is 10.1 Å². The van der Waals surface area contributed by atoms with Crippen LogP contribution in [0, 0.1) is 17.2 Å². The number of carbonyl (C=O) groups excluding carboxylic acids is 1. The van der Waals surface area contributed by atoms with Crippen molar-refractivity contribution in [3.05, 3.63) is 0 Å². The number of hydrogen-bond donors (Lipinski definition) is 1. The minimum Gasteiger partial charge on any atom is -0.466 e. The third kappa shape index (κ3) is 1.79. The quantitative estimate of drug-likeness (QED) is 0.492. The van der Waals surface area contributed by atoms with Crippen LogP contribution in [0.25, 0.3) is 0 Å². The predicted molar refractivity (Wildman–Crippen MR) is 41.6 cm³/mol. The Kier molecular flexibility index (Phi) is 2.27. The Bertz CT molecular complexity index is 189. The van der Waals surface area contributed by atoms with E-state index in [2.05, 4.69) is 0 Å². The lowest BCUT2D eigenvalue weighted by atomic mass is 10.2. The van der Waals surface area contributed by atoms with Crippen molar-refractivity contribution in [1.82, 2.24) is 0 Å². The topological polar surface area (TPSA) is 50.2 Å². The number of rotatable bonds is 3. The van der Waals surface area contributed by atoms with Gasteiger partial charge in [-0.15, -0.1) is 0 Å². The molecule has 0 unspecified atom stereocenters. The molecule has 0 amide bonds. The molecule has 1 N–H and O–H groups in total. The Labute approximate surface area is 66.2 Å². The highest BCUT2D eigenvalue weighted by Gasteiger charge is 2.45. The van der Waals surface area contributed by atoms with E-state index in [4.69, 9.17) is 10.1 Å². The van der Waals surface area contributed by atoms with Crippen LogP contribution in [0.1, 0.15) is 20.3 Å². The van der Waals surface area contributed by atoms with Crippen LogP contribution >= 0.6 is 0 Å². The largest absolute Gasteiger partial charge is 0.466 e. The van der Waals surface area contributed by atoms with Gasteiger partial charge in [-0.25, -0.2) is 0 Å². The minimum absolute atomic E-state index is 0.00699. The zero-order valence-corrected chi connectivity index (χ0v) is 6.89. The molecule has 3 heteroatoms. The van der Waals surface area contributed by atoms with E-state index in [-0.39, 0.29) is 17.8 Å². The summed E-state index contributed by atoms with van der Waals surface area (Å²) < 4.78 is 4.81. The van der Waals surface area contributed by atoms with Gasteiger partial charge in [0.2, 0.25) is 0 Å². The van der Waals surface area contributed by atoms with E-state index in [1.165, 1.54) is 0 Å². The smallest absolute Gasteiger partial charge is 0.309 e. The van der Waals surface area contributed by atoms with Crippen LogP contribution in [0.3, 0.4) is 0 Å². The van der Waals surface area contributed by atoms with Crippen LogP contribution < -0.4 is 0 Å². The molecule has 1 fully saturated rings. The van der Waals surface area contributed by atoms with Crippen molar-refractivity contribution >= 4 is 11.7 Å². The van der Waals surface area contributed by atoms with Crippen molar-refractivity contribution in [2.75, 3.05) is 6.61 Å². The fourth-order valence-corrected chi connectivity index (χ4v) is 1.18. The first-order chi connectivity index (χ1) is 5.16. The lowest BCUT2D eigenvalue weighted by molar-refractivity contribution is -0.144. The Morgan fingerprint density at radius 3 is 2.64 bits per heavy atom.